The third-order valence-corrected chi connectivity index (χ3v) is 5.45. The van der Waals surface area contributed by atoms with Gasteiger partial charge in [-0.15, -0.1) is 0 Å². The molecular weight excluding hydrogens is 394 g/mol. The van der Waals surface area contributed by atoms with Gasteiger partial charge in [-0.2, -0.15) is 0 Å². The van der Waals surface area contributed by atoms with Gasteiger partial charge < -0.3 is 20.1 Å². The van der Waals surface area contributed by atoms with Crippen molar-refractivity contribution in [2.24, 2.45) is 0 Å². The average Bonchev–Trinajstić information content (AvgIpc) is 2.77. The quantitative estimate of drug-likeness (QED) is 0.603. The molecule has 4 rings (SSSR count). The smallest absolute Gasteiger partial charge is 0.407 e. The third-order valence-electron chi connectivity index (χ3n) is 5.45. The van der Waals surface area contributed by atoms with Crippen LogP contribution in [-0.4, -0.2) is 43.6 Å². The Kier molecular flexibility index (Phi) is 5.97. The van der Waals surface area contributed by atoms with E-state index < -0.39 is 6.09 Å². The number of hydrogen-bond acceptors (Lipinski definition) is 6. The number of likely N-dealkylation sites (tertiary alicyclic amines) is 1. The number of carboxylic acid groups (broad SMARTS) is 1. The van der Waals surface area contributed by atoms with Crippen LogP contribution >= 0.6 is 0 Å². The zero-order valence-electron chi connectivity index (χ0n) is 17.5. The first-order valence-electron chi connectivity index (χ1n) is 10.3. The molecule has 0 spiro atoms. The van der Waals surface area contributed by atoms with Crippen molar-refractivity contribution in [3.05, 3.63) is 66.2 Å². The fourth-order valence-electron chi connectivity index (χ4n) is 3.81. The molecule has 0 saturated carbocycles. The van der Waals surface area contributed by atoms with Crippen LogP contribution < -0.4 is 10.1 Å². The van der Waals surface area contributed by atoms with Gasteiger partial charge in [0, 0.05) is 42.8 Å². The standard InChI is InChI=1S/C23H25N5O3/c1-15-3-8-20(26-14-15)27-18-4-6-19(7-5-18)31-22-21(24-10-11-25-22)17-9-12-28(23(29)30)16(2)13-17/h3-8,10-11,14,16-17H,9,12-13H2,1-2H3,(H,26,27)(H,29,30). The van der Waals surface area contributed by atoms with Crippen molar-refractivity contribution in [3.63, 3.8) is 0 Å². The topological polar surface area (TPSA) is 100 Å². The Morgan fingerprint density at radius 1 is 1.13 bits per heavy atom. The first-order chi connectivity index (χ1) is 15.0. The zero-order chi connectivity index (χ0) is 21.8. The lowest BCUT2D eigenvalue weighted by atomic mass is 9.89. The Hall–Kier alpha value is -3.68. The molecule has 1 aromatic carbocycles. The molecule has 0 radical (unpaired) electrons. The predicted octanol–water partition coefficient (Wildman–Crippen LogP) is 4.96. The monoisotopic (exact) mass is 419 g/mol. The lowest BCUT2D eigenvalue weighted by Crippen LogP contribution is -2.43. The molecule has 160 valence electrons. The second-order valence-electron chi connectivity index (χ2n) is 7.77. The summed E-state index contributed by atoms with van der Waals surface area (Å²) in [5.74, 6) is 1.99. The van der Waals surface area contributed by atoms with Crippen molar-refractivity contribution in [1.29, 1.82) is 0 Å². The SMILES string of the molecule is Cc1ccc(Nc2ccc(Oc3nccnc3C3CCN(C(=O)O)C(C)C3)cc2)nc1. The second-order valence-corrected chi connectivity index (χ2v) is 7.77. The van der Waals surface area contributed by atoms with Crippen LogP contribution in [0.3, 0.4) is 0 Å². The number of anilines is 2. The normalized spacial score (nSPS) is 18.5. The Bertz CT molecular complexity index is 1040. The number of aryl methyl sites for hydroxylation is 1. The van der Waals surface area contributed by atoms with Crippen molar-refractivity contribution in [3.8, 4) is 11.6 Å². The van der Waals surface area contributed by atoms with Gasteiger partial charge in [0.05, 0.1) is 0 Å². The molecule has 8 heteroatoms. The molecule has 1 amide bonds. The van der Waals surface area contributed by atoms with Crippen LogP contribution in [0, 0.1) is 6.92 Å². The Morgan fingerprint density at radius 2 is 1.90 bits per heavy atom. The maximum Gasteiger partial charge on any atom is 0.407 e. The summed E-state index contributed by atoms with van der Waals surface area (Å²) in [5.41, 5.74) is 2.78. The van der Waals surface area contributed by atoms with Gasteiger partial charge in [-0.25, -0.2) is 14.8 Å². The highest BCUT2D eigenvalue weighted by Gasteiger charge is 2.32. The summed E-state index contributed by atoms with van der Waals surface area (Å²) < 4.78 is 6.05. The summed E-state index contributed by atoms with van der Waals surface area (Å²) >= 11 is 0. The first-order valence-corrected chi connectivity index (χ1v) is 10.3. The van der Waals surface area contributed by atoms with E-state index in [0.29, 0.717) is 31.0 Å². The number of rotatable bonds is 5. The van der Waals surface area contributed by atoms with E-state index in [0.717, 1.165) is 22.8 Å². The molecule has 2 N–H and O–H groups in total. The molecule has 1 saturated heterocycles. The summed E-state index contributed by atoms with van der Waals surface area (Å²) in [6.07, 6.45) is 5.57. The number of pyridine rings is 1. The van der Waals surface area contributed by atoms with Crippen LogP contribution in [0.25, 0.3) is 0 Å². The van der Waals surface area contributed by atoms with Crippen LogP contribution in [0.4, 0.5) is 16.3 Å². The molecule has 2 atom stereocenters. The van der Waals surface area contributed by atoms with Crippen molar-refractivity contribution in [1.82, 2.24) is 19.9 Å². The van der Waals surface area contributed by atoms with E-state index in [1.54, 1.807) is 12.4 Å². The van der Waals surface area contributed by atoms with E-state index in [9.17, 15) is 9.90 Å². The Labute approximate surface area is 180 Å². The maximum absolute atomic E-state index is 11.3. The number of nitrogens with one attached hydrogen (secondary N) is 1. The average molecular weight is 419 g/mol. The molecular formula is C23H25N5O3. The second kappa shape index (κ2) is 8.99. The van der Waals surface area contributed by atoms with Gasteiger partial charge in [-0.1, -0.05) is 6.07 Å². The Balaban J connectivity index is 1.45. The van der Waals surface area contributed by atoms with Crippen LogP contribution in [0.1, 0.15) is 36.9 Å². The minimum atomic E-state index is -0.879. The molecule has 3 aromatic rings. The Morgan fingerprint density at radius 3 is 2.58 bits per heavy atom. The molecule has 8 nitrogen and oxygen atoms in total. The molecule has 1 aliphatic rings. The number of piperidine rings is 1. The number of hydrogen-bond donors (Lipinski definition) is 2. The summed E-state index contributed by atoms with van der Waals surface area (Å²) in [6.45, 7) is 4.40. The van der Waals surface area contributed by atoms with Crippen molar-refractivity contribution in [2.45, 2.75) is 38.6 Å². The van der Waals surface area contributed by atoms with Gasteiger partial charge in [0.2, 0.25) is 5.88 Å². The minimum Gasteiger partial charge on any atom is -0.465 e. The summed E-state index contributed by atoms with van der Waals surface area (Å²) in [5, 5.41) is 12.6. The van der Waals surface area contributed by atoms with E-state index in [1.807, 2.05) is 56.4 Å². The predicted molar refractivity (Wildman–Crippen MR) is 117 cm³/mol. The van der Waals surface area contributed by atoms with Gasteiger partial charge >= 0.3 is 6.09 Å². The lowest BCUT2D eigenvalue weighted by Gasteiger charge is -2.35. The summed E-state index contributed by atoms with van der Waals surface area (Å²) in [4.78, 5) is 26.1. The lowest BCUT2D eigenvalue weighted by molar-refractivity contribution is 0.106. The number of ether oxygens (including phenoxy) is 1. The van der Waals surface area contributed by atoms with Crippen LogP contribution in [0.2, 0.25) is 0 Å². The number of benzene rings is 1. The highest BCUT2D eigenvalue weighted by atomic mass is 16.5. The highest BCUT2D eigenvalue weighted by Crippen LogP contribution is 2.36. The molecule has 2 aromatic heterocycles. The molecule has 1 aliphatic heterocycles. The van der Waals surface area contributed by atoms with Gasteiger partial charge in [0.1, 0.15) is 17.3 Å². The molecule has 2 unspecified atom stereocenters. The first kappa shape index (κ1) is 20.6. The number of amides is 1. The molecule has 0 aliphatic carbocycles. The maximum atomic E-state index is 11.3. The van der Waals surface area contributed by atoms with E-state index >= 15 is 0 Å². The number of nitrogens with zero attached hydrogens (tertiary/aromatic N) is 4. The van der Waals surface area contributed by atoms with Gasteiger partial charge in [0.25, 0.3) is 0 Å². The van der Waals surface area contributed by atoms with E-state index in [4.69, 9.17) is 4.74 Å². The fourth-order valence-corrected chi connectivity index (χ4v) is 3.81. The number of aromatic nitrogens is 3. The van der Waals surface area contributed by atoms with Gasteiger partial charge in [0.15, 0.2) is 0 Å². The van der Waals surface area contributed by atoms with Crippen LogP contribution in [0.15, 0.2) is 55.0 Å². The molecule has 31 heavy (non-hydrogen) atoms. The van der Waals surface area contributed by atoms with Crippen LogP contribution in [0.5, 0.6) is 11.6 Å². The van der Waals surface area contributed by atoms with Gasteiger partial charge in [-0.05, 0) is 62.6 Å². The highest BCUT2D eigenvalue weighted by molar-refractivity contribution is 5.65. The van der Waals surface area contributed by atoms with Crippen molar-refractivity contribution < 1.29 is 14.6 Å². The van der Waals surface area contributed by atoms with Crippen molar-refractivity contribution in [2.75, 3.05) is 11.9 Å². The summed E-state index contributed by atoms with van der Waals surface area (Å²) in [7, 11) is 0. The zero-order valence-corrected chi connectivity index (χ0v) is 17.5. The summed E-state index contributed by atoms with van der Waals surface area (Å²) in [6, 6.07) is 11.4. The van der Waals surface area contributed by atoms with E-state index in [2.05, 4.69) is 20.3 Å². The third kappa shape index (κ3) is 4.91. The fraction of sp³-hybridized carbons (Fsp3) is 0.304. The minimum absolute atomic E-state index is 0.0770. The number of carbonyl (C=O) groups is 1. The molecule has 3 heterocycles. The van der Waals surface area contributed by atoms with Gasteiger partial charge in [-0.3, -0.25) is 4.98 Å². The largest absolute Gasteiger partial charge is 0.465 e. The molecule has 1 fully saturated rings. The van der Waals surface area contributed by atoms with E-state index in [-0.39, 0.29) is 12.0 Å². The van der Waals surface area contributed by atoms with Crippen LogP contribution in [-0.2, 0) is 0 Å². The van der Waals surface area contributed by atoms with E-state index in [1.165, 1.54) is 4.90 Å². The van der Waals surface area contributed by atoms with Crippen molar-refractivity contribution >= 4 is 17.6 Å². The molecule has 0 bridgehead atoms.